The maximum atomic E-state index is 12.1. The number of hydrogen-bond donors (Lipinski definition) is 1. The van der Waals surface area contributed by atoms with E-state index in [1.54, 1.807) is 12.1 Å². The van der Waals surface area contributed by atoms with Crippen LogP contribution >= 0.6 is 15.9 Å². The molecule has 0 bridgehead atoms. The smallest absolute Gasteiger partial charge is 0.287 e. The van der Waals surface area contributed by atoms with Gasteiger partial charge >= 0.3 is 0 Å². The van der Waals surface area contributed by atoms with E-state index in [2.05, 4.69) is 45.5 Å². The Hall–Kier alpha value is -1.55. The van der Waals surface area contributed by atoms with Crippen LogP contribution in [0.25, 0.3) is 0 Å². The highest BCUT2D eigenvalue weighted by Gasteiger charge is 2.38. The van der Waals surface area contributed by atoms with E-state index in [1.807, 2.05) is 6.07 Å². The second kappa shape index (κ2) is 5.44. The summed E-state index contributed by atoms with van der Waals surface area (Å²) >= 11 is 3.21. The van der Waals surface area contributed by atoms with Gasteiger partial charge in [0, 0.05) is 12.0 Å². The molecule has 3 nitrogen and oxygen atoms in total. The van der Waals surface area contributed by atoms with E-state index in [4.69, 9.17) is 4.42 Å². The summed E-state index contributed by atoms with van der Waals surface area (Å²) in [4.78, 5) is 12.1. The van der Waals surface area contributed by atoms with Gasteiger partial charge in [0.05, 0.1) is 0 Å². The van der Waals surface area contributed by atoms with Gasteiger partial charge < -0.3 is 9.73 Å². The zero-order valence-electron chi connectivity index (χ0n) is 11.1. The Morgan fingerprint density at radius 1 is 1.20 bits per heavy atom. The highest BCUT2D eigenvalue weighted by molar-refractivity contribution is 9.10. The van der Waals surface area contributed by atoms with Crippen molar-refractivity contribution < 1.29 is 9.21 Å². The van der Waals surface area contributed by atoms with E-state index in [9.17, 15) is 4.79 Å². The lowest BCUT2D eigenvalue weighted by atomic mass is 9.64. The lowest BCUT2D eigenvalue weighted by Crippen LogP contribution is -2.45. The molecule has 20 heavy (non-hydrogen) atoms. The molecule has 1 amide bonds. The highest BCUT2D eigenvalue weighted by atomic mass is 79.9. The van der Waals surface area contributed by atoms with Gasteiger partial charge in [0.25, 0.3) is 5.91 Å². The van der Waals surface area contributed by atoms with E-state index in [1.165, 1.54) is 12.0 Å². The van der Waals surface area contributed by atoms with Crippen LogP contribution in [-0.2, 0) is 5.41 Å². The van der Waals surface area contributed by atoms with Crippen LogP contribution in [0.2, 0.25) is 0 Å². The minimum Gasteiger partial charge on any atom is -0.444 e. The predicted molar refractivity (Wildman–Crippen MR) is 80.7 cm³/mol. The highest BCUT2D eigenvalue weighted by Crippen LogP contribution is 2.43. The molecule has 4 heteroatoms. The molecule has 2 aromatic rings. The van der Waals surface area contributed by atoms with Crippen molar-refractivity contribution >= 4 is 21.8 Å². The first-order valence-electron chi connectivity index (χ1n) is 6.79. The molecule has 1 aliphatic carbocycles. The van der Waals surface area contributed by atoms with E-state index in [0.717, 1.165) is 12.8 Å². The van der Waals surface area contributed by atoms with Crippen molar-refractivity contribution in [1.82, 2.24) is 5.32 Å². The molecule has 1 aromatic heterocycles. The van der Waals surface area contributed by atoms with Crippen LogP contribution in [0.5, 0.6) is 0 Å². The fourth-order valence-electron chi connectivity index (χ4n) is 2.74. The van der Waals surface area contributed by atoms with Gasteiger partial charge in [-0.2, -0.15) is 0 Å². The van der Waals surface area contributed by atoms with Gasteiger partial charge in [-0.05, 0) is 46.5 Å². The van der Waals surface area contributed by atoms with Crippen molar-refractivity contribution in [3.05, 3.63) is 58.5 Å². The summed E-state index contributed by atoms with van der Waals surface area (Å²) in [5, 5.41) is 3.00. The zero-order chi connectivity index (χ0) is 14.0. The van der Waals surface area contributed by atoms with Gasteiger partial charge in [-0.15, -0.1) is 0 Å². The lowest BCUT2D eigenvalue weighted by Gasteiger charge is -2.42. The van der Waals surface area contributed by atoms with Crippen molar-refractivity contribution in [3.8, 4) is 0 Å². The Morgan fingerprint density at radius 2 is 1.95 bits per heavy atom. The second-order valence-corrected chi connectivity index (χ2v) is 6.07. The molecule has 0 aliphatic heterocycles. The number of benzene rings is 1. The number of amides is 1. The van der Waals surface area contributed by atoms with Crippen molar-refractivity contribution in [2.24, 2.45) is 0 Å². The first kappa shape index (κ1) is 13.4. The topological polar surface area (TPSA) is 42.2 Å². The fourth-order valence-corrected chi connectivity index (χ4v) is 3.04. The standard InChI is InChI=1S/C16H16BrNO2/c17-14-8-7-13(20-14)15(19)18-11-16(9-4-10-16)12-5-2-1-3-6-12/h1-3,5-8H,4,9-11H2,(H,18,19). The number of carbonyl (C=O) groups excluding carboxylic acids is 1. The molecule has 3 rings (SSSR count). The third-order valence-electron chi connectivity index (χ3n) is 4.08. The third kappa shape index (κ3) is 2.52. The normalized spacial score (nSPS) is 16.4. The maximum Gasteiger partial charge on any atom is 0.287 e. The SMILES string of the molecule is O=C(NCC1(c2ccccc2)CCC1)c1ccc(Br)o1. The van der Waals surface area contributed by atoms with Gasteiger partial charge in [-0.3, -0.25) is 4.79 Å². The van der Waals surface area contributed by atoms with E-state index >= 15 is 0 Å². The van der Waals surface area contributed by atoms with E-state index in [0.29, 0.717) is 17.0 Å². The Morgan fingerprint density at radius 3 is 2.50 bits per heavy atom. The molecule has 1 heterocycles. The summed E-state index contributed by atoms with van der Waals surface area (Å²) in [6.45, 7) is 0.661. The molecule has 0 saturated heterocycles. The van der Waals surface area contributed by atoms with Crippen molar-refractivity contribution in [1.29, 1.82) is 0 Å². The van der Waals surface area contributed by atoms with Crippen LogP contribution in [-0.4, -0.2) is 12.5 Å². The average molecular weight is 334 g/mol. The van der Waals surface area contributed by atoms with Gasteiger partial charge in [0.2, 0.25) is 0 Å². The zero-order valence-corrected chi connectivity index (χ0v) is 12.7. The molecule has 1 aromatic carbocycles. The van der Waals surface area contributed by atoms with E-state index < -0.39 is 0 Å². The van der Waals surface area contributed by atoms with Gasteiger partial charge in [0.15, 0.2) is 10.4 Å². The first-order valence-corrected chi connectivity index (χ1v) is 7.58. The lowest BCUT2D eigenvalue weighted by molar-refractivity contribution is 0.0899. The monoisotopic (exact) mass is 333 g/mol. The van der Waals surface area contributed by atoms with Crippen LogP contribution in [0, 0.1) is 0 Å². The number of furan rings is 1. The number of halogens is 1. The van der Waals surface area contributed by atoms with E-state index in [-0.39, 0.29) is 11.3 Å². The molecule has 0 unspecified atom stereocenters. The molecule has 0 spiro atoms. The summed E-state index contributed by atoms with van der Waals surface area (Å²) < 4.78 is 5.85. The summed E-state index contributed by atoms with van der Waals surface area (Å²) in [7, 11) is 0. The summed E-state index contributed by atoms with van der Waals surface area (Å²) in [6.07, 6.45) is 3.47. The molecule has 1 aliphatic rings. The molecular formula is C16H16BrNO2. The Bertz CT molecular complexity index is 602. The largest absolute Gasteiger partial charge is 0.444 e. The fraction of sp³-hybridized carbons (Fsp3) is 0.312. The Kier molecular flexibility index (Phi) is 3.66. The summed E-state index contributed by atoms with van der Waals surface area (Å²) in [5.41, 5.74) is 1.41. The summed E-state index contributed by atoms with van der Waals surface area (Å²) in [6, 6.07) is 13.8. The second-order valence-electron chi connectivity index (χ2n) is 5.29. The average Bonchev–Trinajstić information content (AvgIpc) is 2.85. The number of rotatable bonds is 4. The molecular weight excluding hydrogens is 318 g/mol. The molecule has 104 valence electrons. The molecule has 0 atom stereocenters. The van der Waals surface area contributed by atoms with Crippen LogP contribution in [0.4, 0.5) is 0 Å². The van der Waals surface area contributed by atoms with Gasteiger partial charge in [-0.25, -0.2) is 0 Å². The molecule has 1 N–H and O–H groups in total. The number of nitrogens with one attached hydrogen (secondary N) is 1. The summed E-state index contributed by atoms with van der Waals surface area (Å²) in [5.74, 6) is 0.192. The van der Waals surface area contributed by atoms with Crippen molar-refractivity contribution in [2.45, 2.75) is 24.7 Å². The quantitative estimate of drug-likeness (QED) is 0.922. The molecule has 1 saturated carbocycles. The molecule has 1 fully saturated rings. The maximum absolute atomic E-state index is 12.1. The number of hydrogen-bond acceptors (Lipinski definition) is 2. The van der Waals surface area contributed by atoms with Gasteiger partial charge in [-0.1, -0.05) is 36.8 Å². The Labute approximate surface area is 126 Å². The number of carbonyl (C=O) groups is 1. The van der Waals surface area contributed by atoms with Crippen molar-refractivity contribution in [2.75, 3.05) is 6.54 Å². The molecule has 0 radical (unpaired) electrons. The van der Waals surface area contributed by atoms with Crippen molar-refractivity contribution in [3.63, 3.8) is 0 Å². The van der Waals surface area contributed by atoms with Crippen LogP contribution in [0.3, 0.4) is 0 Å². The first-order chi connectivity index (χ1) is 9.70. The minimum atomic E-state index is -0.155. The Balaban J connectivity index is 1.69. The van der Waals surface area contributed by atoms with Crippen LogP contribution < -0.4 is 5.32 Å². The van der Waals surface area contributed by atoms with Crippen LogP contribution in [0.1, 0.15) is 35.4 Å². The van der Waals surface area contributed by atoms with Gasteiger partial charge in [0.1, 0.15) is 0 Å². The minimum absolute atomic E-state index is 0.0980. The predicted octanol–water partition coefficient (Wildman–Crippen LogP) is 3.89. The van der Waals surface area contributed by atoms with Crippen LogP contribution in [0.15, 0.2) is 51.6 Å². The third-order valence-corrected chi connectivity index (χ3v) is 4.51.